The average molecular weight is 342 g/mol. The number of methoxy groups -OCH3 is 1. The van der Waals surface area contributed by atoms with Crippen LogP contribution in [0.4, 0.5) is 0 Å². The lowest BCUT2D eigenvalue weighted by molar-refractivity contribution is -0.116. The summed E-state index contributed by atoms with van der Waals surface area (Å²) in [5.74, 6) is 0.725. The molecule has 1 aromatic carbocycles. The third kappa shape index (κ3) is 2.92. The zero-order valence-electron chi connectivity index (χ0n) is 15.7. The Kier molecular flexibility index (Phi) is 4.58. The van der Waals surface area contributed by atoms with E-state index in [0.29, 0.717) is 5.57 Å². The standard InChI is InChI=1S/C20H26N2O3/c1-12-10-13(2)16(14(3)11-12)17-18(24-4)20(21-19(17)23)8-6-15(7-9-20)22-25-5/h10-11H,6-9H2,1-5H3,(H,21,23). The van der Waals surface area contributed by atoms with E-state index in [4.69, 9.17) is 9.57 Å². The molecule has 3 rings (SSSR count). The van der Waals surface area contributed by atoms with Gasteiger partial charge in [0, 0.05) is 0 Å². The maximum Gasteiger partial charge on any atom is 0.256 e. The first-order valence-corrected chi connectivity index (χ1v) is 8.70. The fourth-order valence-corrected chi connectivity index (χ4v) is 4.32. The fraction of sp³-hybridized carbons (Fsp3) is 0.500. The van der Waals surface area contributed by atoms with Crippen LogP contribution >= 0.6 is 0 Å². The molecule has 0 bridgehead atoms. The van der Waals surface area contributed by atoms with Crippen LogP contribution in [-0.4, -0.2) is 31.4 Å². The van der Waals surface area contributed by atoms with Crippen molar-refractivity contribution in [2.24, 2.45) is 5.16 Å². The van der Waals surface area contributed by atoms with Gasteiger partial charge < -0.3 is 14.9 Å². The van der Waals surface area contributed by atoms with E-state index in [-0.39, 0.29) is 5.91 Å². The van der Waals surface area contributed by atoms with Crippen molar-refractivity contribution >= 4 is 17.2 Å². The summed E-state index contributed by atoms with van der Waals surface area (Å²) in [6.07, 6.45) is 3.13. The van der Waals surface area contributed by atoms with E-state index >= 15 is 0 Å². The number of nitrogens with zero attached hydrogens (tertiary/aromatic N) is 1. The molecule has 5 heteroatoms. The zero-order valence-corrected chi connectivity index (χ0v) is 15.7. The van der Waals surface area contributed by atoms with Crippen LogP contribution in [0.25, 0.3) is 5.57 Å². The number of nitrogens with one attached hydrogen (secondary N) is 1. The number of amides is 1. The molecule has 0 radical (unpaired) electrons. The minimum atomic E-state index is -0.433. The van der Waals surface area contributed by atoms with E-state index < -0.39 is 5.54 Å². The Labute approximate surface area is 149 Å². The molecule has 2 aliphatic rings. The number of hydrogen-bond acceptors (Lipinski definition) is 4. The number of rotatable bonds is 3. The van der Waals surface area contributed by atoms with Gasteiger partial charge in [0.1, 0.15) is 12.9 Å². The van der Waals surface area contributed by atoms with Gasteiger partial charge in [-0.3, -0.25) is 4.79 Å². The maximum atomic E-state index is 12.9. The van der Waals surface area contributed by atoms with Crippen molar-refractivity contribution in [2.45, 2.75) is 52.0 Å². The molecule has 0 atom stereocenters. The topological polar surface area (TPSA) is 59.9 Å². The van der Waals surface area contributed by atoms with Gasteiger partial charge >= 0.3 is 0 Å². The molecule has 0 aromatic heterocycles. The molecule has 25 heavy (non-hydrogen) atoms. The Morgan fingerprint density at radius 3 is 2.20 bits per heavy atom. The van der Waals surface area contributed by atoms with Crippen LogP contribution < -0.4 is 5.32 Å². The Balaban J connectivity index is 2.07. The first-order chi connectivity index (χ1) is 11.9. The van der Waals surface area contributed by atoms with Crippen molar-refractivity contribution in [3.63, 3.8) is 0 Å². The van der Waals surface area contributed by atoms with Crippen molar-refractivity contribution in [3.05, 3.63) is 40.1 Å². The van der Waals surface area contributed by atoms with Crippen LogP contribution in [-0.2, 0) is 14.4 Å². The van der Waals surface area contributed by atoms with Gasteiger partial charge in [0.15, 0.2) is 0 Å². The lowest BCUT2D eigenvalue weighted by atomic mass is 9.79. The highest BCUT2D eigenvalue weighted by atomic mass is 16.6. The molecule has 1 aliphatic heterocycles. The van der Waals surface area contributed by atoms with E-state index in [2.05, 4.69) is 43.4 Å². The van der Waals surface area contributed by atoms with E-state index in [0.717, 1.165) is 53.8 Å². The lowest BCUT2D eigenvalue weighted by Crippen LogP contribution is -2.47. The van der Waals surface area contributed by atoms with Crippen LogP contribution in [0.2, 0.25) is 0 Å². The molecule has 1 aromatic rings. The summed E-state index contributed by atoms with van der Waals surface area (Å²) >= 11 is 0. The van der Waals surface area contributed by atoms with Gasteiger partial charge in [-0.05, 0) is 63.1 Å². The smallest absolute Gasteiger partial charge is 0.256 e. The minimum Gasteiger partial charge on any atom is -0.498 e. The number of carbonyl (C=O) groups is 1. The number of oxime groups is 1. The molecular formula is C20H26N2O3. The molecule has 0 saturated heterocycles. The summed E-state index contributed by atoms with van der Waals surface area (Å²) in [7, 11) is 3.23. The normalized spacial score (nSPS) is 23.1. The van der Waals surface area contributed by atoms with Crippen LogP contribution in [0.1, 0.15) is 47.9 Å². The van der Waals surface area contributed by atoms with E-state index in [1.165, 1.54) is 5.56 Å². The molecule has 1 amide bonds. The first-order valence-electron chi connectivity index (χ1n) is 8.70. The molecule has 1 aliphatic carbocycles. The van der Waals surface area contributed by atoms with E-state index in [1.54, 1.807) is 14.2 Å². The Bertz CT molecular complexity index is 744. The molecule has 1 saturated carbocycles. The molecular weight excluding hydrogens is 316 g/mol. The summed E-state index contributed by atoms with van der Waals surface area (Å²) in [4.78, 5) is 17.8. The van der Waals surface area contributed by atoms with Gasteiger partial charge in [-0.25, -0.2) is 0 Å². The van der Waals surface area contributed by atoms with Crippen molar-refractivity contribution in [3.8, 4) is 0 Å². The largest absolute Gasteiger partial charge is 0.498 e. The Hall–Kier alpha value is -2.30. The second-order valence-corrected chi connectivity index (χ2v) is 7.06. The Morgan fingerprint density at radius 1 is 1.08 bits per heavy atom. The molecule has 0 unspecified atom stereocenters. The zero-order chi connectivity index (χ0) is 18.2. The van der Waals surface area contributed by atoms with Crippen molar-refractivity contribution in [1.82, 2.24) is 5.32 Å². The molecule has 1 spiro atoms. The molecule has 1 fully saturated rings. The van der Waals surface area contributed by atoms with Gasteiger partial charge in [-0.2, -0.15) is 0 Å². The SMILES string of the molecule is CON=C1CCC2(CC1)NC(=O)C(c1c(C)cc(C)cc1C)=C2OC. The second kappa shape index (κ2) is 6.54. The highest BCUT2D eigenvalue weighted by Gasteiger charge is 2.48. The second-order valence-electron chi connectivity index (χ2n) is 7.06. The highest BCUT2D eigenvalue weighted by Crippen LogP contribution is 2.43. The first kappa shape index (κ1) is 17.5. The molecule has 1 N–H and O–H groups in total. The molecule has 134 valence electrons. The highest BCUT2D eigenvalue weighted by molar-refractivity contribution is 6.24. The third-order valence-corrected chi connectivity index (χ3v) is 5.27. The molecule has 1 heterocycles. The Morgan fingerprint density at radius 2 is 1.68 bits per heavy atom. The van der Waals surface area contributed by atoms with Crippen molar-refractivity contribution in [2.75, 3.05) is 14.2 Å². The predicted octanol–water partition coefficient (Wildman–Crippen LogP) is 3.41. The molecule has 5 nitrogen and oxygen atoms in total. The summed E-state index contributed by atoms with van der Waals surface area (Å²) < 4.78 is 5.80. The number of hydrogen-bond donors (Lipinski definition) is 1. The summed E-state index contributed by atoms with van der Waals surface area (Å²) in [6, 6.07) is 4.23. The summed E-state index contributed by atoms with van der Waals surface area (Å²) in [5.41, 5.74) is 5.69. The van der Waals surface area contributed by atoms with Gasteiger partial charge in [-0.1, -0.05) is 22.9 Å². The number of carbonyl (C=O) groups excluding carboxylic acids is 1. The predicted molar refractivity (Wildman–Crippen MR) is 98.4 cm³/mol. The number of benzene rings is 1. The van der Waals surface area contributed by atoms with Crippen LogP contribution in [0.15, 0.2) is 23.0 Å². The number of aryl methyl sites for hydroxylation is 3. The average Bonchev–Trinajstić information content (AvgIpc) is 2.81. The maximum absolute atomic E-state index is 12.9. The van der Waals surface area contributed by atoms with Gasteiger partial charge in [-0.15, -0.1) is 0 Å². The van der Waals surface area contributed by atoms with E-state index in [1.807, 2.05) is 0 Å². The summed E-state index contributed by atoms with van der Waals surface area (Å²) in [5, 5.41) is 7.29. The third-order valence-electron chi connectivity index (χ3n) is 5.27. The summed E-state index contributed by atoms with van der Waals surface area (Å²) in [6.45, 7) is 6.18. The van der Waals surface area contributed by atoms with Gasteiger partial charge in [0.25, 0.3) is 5.91 Å². The monoisotopic (exact) mass is 342 g/mol. The van der Waals surface area contributed by atoms with Gasteiger partial charge in [0.05, 0.1) is 23.9 Å². The van der Waals surface area contributed by atoms with Gasteiger partial charge in [0.2, 0.25) is 0 Å². The van der Waals surface area contributed by atoms with Crippen molar-refractivity contribution < 1.29 is 14.4 Å². The van der Waals surface area contributed by atoms with E-state index in [9.17, 15) is 4.79 Å². The quantitative estimate of drug-likeness (QED) is 0.856. The van der Waals surface area contributed by atoms with Crippen LogP contribution in [0, 0.1) is 20.8 Å². The fourth-order valence-electron chi connectivity index (χ4n) is 4.32. The van der Waals surface area contributed by atoms with Crippen molar-refractivity contribution in [1.29, 1.82) is 0 Å². The lowest BCUT2D eigenvalue weighted by Gasteiger charge is -2.35. The number of ether oxygens (including phenoxy) is 1. The minimum absolute atomic E-state index is 0.0426. The van der Waals surface area contributed by atoms with Crippen LogP contribution in [0.3, 0.4) is 0 Å². The van der Waals surface area contributed by atoms with Crippen LogP contribution in [0.5, 0.6) is 0 Å².